The number of hydrogen-bond acceptors (Lipinski definition) is 3. The Morgan fingerprint density at radius 1 is 1.19 bits per heavy atom. The van der Waals surface area contributed by atoms with Crippen LogP contribution in [0.5, 0.6) is 11.5 Å². The molecule has 5 heteroatoms. The zero-order valence-corrected chi connectivity index (χ0v) is 13.2. The number of aromatic hydroxyl groups is 2. The van der Waals surface area contributed by atoms with Crippen molar-refractivity contribution in [1.82, 2.24) is 5.32 Å². The molecule has 116 valence electrons. The molecule has 0 aliphatic heterocycles. The van der Waals surface area contributed by atoms with Crippen LogP contribution >= 0.6 is 11.6 Å². The summed E-state index contributed by atoms with van der Waals surface area (Å²) < 4.78 is 0. The quantitative estimate of drug-likeness (QED) is 0.576. The molecule has 1 fully saturated rings. The maximum Gasteiger partial charge on any atom is 0.251 e. The average Bonchev–Trinajstić information content (AvgIpc) is 2.56. The Labute approximate surface area is 130 Å². The van der Waals surface area contributed by atoms with E-state index in [-0.39, 0.29) is 28.3 Å². The maximum atomic E-state index is 12.3. The minimum atomic E-state index is -0.398. The second-order valence-electron chi connectivity index (χ2n) is 6.26. The van der Waals surface area contributed by atoms with E-state index in [2.05, 4.69) is 19.2 Å². The Bertz CT molecular complexity index is 497. The van der Waals surface area contributed by atoms with Gasteiger partial charge in [0.05, 0.1) is 5.02 Å². The summed E-state index contributed by atoms with van der Waals surface area (Å²) in [4.78, 5) is 12.3. The van der Waals surface area contributed by atoms with Gasteiger partial charge in [-0.3, -0.25) is 4.79 Å². The molecule has 2 rings (SSSR count). The minimum absolute atomic E-state index is 0.0252. The molecule has 0 spiro atoms. The molecule has 1 unspecified atom stereocenters. The maximum absolute atomic E-state index is 12.3. The highest BCUT2D eigenvalue weighted by Crippen LogP contribution is 2.34. The molecule has 4 nitrogen and oxygen atoms in total. The number of hydrogen-bond donors (Lipinski definition) is 3. The number of carbonyl (C=O) groups excluding carboxylic acids is 1. The molecule has 0 aromatic heterocycles. The first-order valence-electron chi connectivity index (χ1n) is 7.39. The van der Waals surface area contributed by atoms with Gasteiger partial charge in [-0.05, 0) is 36.8 Å². The predicted octanol–water partition coefficient (Wildman–Crippen LogP) is 3.70. The van der Waals surface area contributed by atoms with Gasteiger partial charge in [0.2, 0.25) is 0 Å². The summed E-state index contributed by atoms with van der Waals surface area (Å²) >= 11 is 5.79. The summed E-state index contributed by atoms with van der Waals surface area (Å²) in [7, 11) is 0. The average molecular weight is 312 g/mol. The monoisotopic (exact) mass is 311 g/mol. The summed E-state index contributed by atoms with van der Waals surface area (Å²) in [5.74, 6) is 0.146. The van der Waals surface area contributed by atoms with E-state index < -0.39 is 5.75 Å². The number of carbonyl (C=O) groups is 1. The van der Waals surface area contributed by atoms with E-state index in [4.69, 9.17) is 11.6 Å². The second-order valence-corrected chi connectivity index (χ2v) is 6.66. The van der Waals surface area contributed by atoms with Gasteiger partial charge in [-0.25, -0.2) is 0 Å². The lowest BCUT2D eigenvalue weighted by molar-refractivity contribution is 0.0928. The number of rotatable bonds is 2. The lowest BCUT2D eigenvalue weighted by atomic mass is 9.99. The van der Waals surface area contributed by atoms with E-state index in [9.17, 15) is 15.0 Å². The van der Waals surface area contributed by atoms with Crippen LogP contribution in [0.4, 0.5) is 0 Å². The van der Waals surface area contributed by atoms with Gasteiger partial charge in [0, 0.05) is 11.6 Å². The van der Waals surface area contributed by atoms with Crippen molar-refractivity contribution in [2.75, 3.05) is 0 Å². The largest absolute Gasteiger partial charge is 0.504 e. The van der Waals surface area contributed by atoms with Crippen LogP contribution in [-0.2, 0) is 0 Å². The van der Waals surface area contributed by atoms with Crippen molar-refractivity contribution in [3.8, 4) is 11.5 Å². The summed E-state index contributed by atoms with van der Waals surface area (Å²) in [5, 5.41) is 22.0. The Balaban J connectivity index is 2.10. The Morgan fingerprint density at radius 2 is 1.76 bits per heavy atom. The van der Waals surface area contributed by atoms with Crippen LogP contribution in [0.1, 0.15) is 49.9 Å². The highest BCUT2D eigenvalue weighted by atomic mass is 35.5. The third-order valence-electron chi connectivity index (χ3n) is 4.17. The third-order valence-corrected chi connectivity index (χ3v) is 4.45. The van der Waals surface area contributed by atoms with Crippen molar-refractivity contribution in [1.29, 1.82) is 0 Å². The first-order valence-corrected chi connectivity index (χ1v) is 7.77. The Hall–Kier alpha value is -1.42. The molecular weight excluding hydrogens is 290 g/mol. The van der Waals surface area contributed by atoms with E-state index in [1.807, 2.05) is 0 Å². The van der Waals surface area contributed by atoms with Crippen molar-refractivity contribution < 1.29 is 15.0 Å². The lowest BCUT2D eigenvalue weighted by Gasteiger charge is -2.20. The van der Waals surface area contributed by atoms with Gasteiger partial charge in [-0.15, -0.1) is 0 Å². The van der Waals surface area contributed by atoms with Gasteiger partial charge < -0.3 is 15.5 Å². The van der Waals surface area contributed by atoms with Gasteiger partial charge in [-0.1, -0.05) is 38.3 Å². The van der Waals surface area contributed by atoms with Crippen LogP contribution in [0.15, 0.2) is 12.1 Å². The number of phenols is 2. The predicted molar refractivity (Wildman–Crippen MR) is 82.8 cm³/mol. The van der Waals surface area contributed by atoms with E-state index in [1.165, 1.54) is 25.0 Å². The molecule has 0 bridgehead atoms. The van der Waals surface area contributed by atoms with E-state index in [0.717, 1.165) is 12.8 Å². The fourth-order valence-corrected chi connectivity index (χ4v) is 3.19. The Morgan fingerprint density at radius 3 is 2.29 bits per heavy atom. The minimum Gasteiger partial charge on any atom is -0.504 e. The summed E-state index contributed by atoms with van der Waals surface area (Å²) in [5.41, 5.74) is 0.264. The highest BCUT2D eigenvalue weighted by molar-refractivity contribution is 6.32. The molecular formula is C16H22ClNO3. The zero-order valence-electron chi connectivity index (χ0n) is 12.4. The molecule has 0 heterocycles. The molecule has 3 N–H and O–H groups in total. The van der Waals surface area contributed by atoms with Crippen LogP contribution in [0, 0.1) is 11.8 Å². The van der Waals surface area contributed by atoms with Crippen molar-refractivity contribution >= 4 is 17.5 Å². The highest BCUT2D eigenvalue weighted by Gasteiger charge is 2.23. The van der Waals surface area contributed by atoms with E-state index in [0.29, 0.717) is 11.8 Å². The number of phenolic OH excluding ortho intramolecular Hbond substituents is 2. The van der Waals surface area contributed by atoms with E-state index in [1.54, 1.807) is 0 Å². The van der Waals surface area contributed by atoms with Crippen molar-refractivity contribution in [3.05, 3.63) is 22.7 Å². The van der Waals surface area contributed by atoms with Crippen molar-refractivity contribution in [2.24, 2.45) is 11.8 Å². The number of benzene rings is 1. The number of nitrogens with one attached hydrogen (secondary N) is 1. The van der Waals surface area contributed by atoms with Gasteiger partial charge in [0.25, 0.3) is 5.91 Å². The molecule has 0 saturated heterocycles. The molecule has 1 saturated carbocycles. The molecule has 3 atom stereocenters. The molecule has 0 radical (unpaired) electrons. The van der Waals surface area contributed by atoms with Crippen molar-refractivity contribution in [3.63, 3.8) is 0 Å². The van der Waals surface area contributed by atoms with Gasteiger partial charge >= 0.3 is 0 Å². The first-order chi connectivity index (χ1) is 9.86. The van der Waals surface area contributed by atoms with Gasteiger partial charge in [0.1, 0.15) is 0 Å². The molecule has 1 amide bonds. The van der Waals surface area contributed by atoms with Crippen molar-refractivity contribution in [2.45, 2.75) is 45.6 Å². The number of amides is 1. The Kier molecular flexibility index (Phi) is 4.99. The second kappa shape index (κ2) is 6.56. The van der Waals surface area contributed by atoms with Crippen LogP contribution in [-0.4, -0.2) is 22.2 Å². The normalized spacial score (nSPS) is 26.1. The SMILES string of the molecule is C[C@@H]1CC[C@H](C)CC(NC(=O)c2cc(O)c(O)c(Cl)c2)C1. The fraction of sp³-hybridized carbons (Fsp3) is 0.562. The molecule has 1 aliphatic rings. The standard InChI is InChI=1S/C16H22ClNO3/c1-9-3-4-10(2)6-12(5-9)18-16(21)11-7-13(17)15(20)14(19)8-11/h7-10,12,19-20H,3-6H2,1-2H3,(H,18,21)/t9-,10+,12?. The zero-order chi connectivity index (χ0) is 15.6. The van der Waals surface area contributed by atoms with Crippen LogP contribution in [0.3, 0.4) is 0 Å². The topological polar surface area (TPSA) is 69.6 Å². The summed E-state index contributed by atoms with van der Waals surface area (Å²) in [6, 6.07) is 2.75. The van der Waals surface area contributed by atoms with Crippen LogP contribution in [0.25, 0.3) is 0 Å². The third kappa shape index (κ3) is 4.03. The van der Waals surface area contributed by atoms with Crippen LogP contribution in [0.2, 0.25) is 5.02 Å². The molecule has 1 aromatic rings. The molecule has 21 heavy (non-hydrogen) atoms. The smallest absolute Gasteiger partial charge is 0.251 e. The first kappa shape index (κ1) is 16.0. The molecule has 1 aromatic carbocycles. The van der Waals surface area contributed by atoms with Gasteiger partial charge in [0.15, 0.2) is 11.5 Å². The van der Waals surface area contributed by atoms with E-state index >= 15 is 0 Å². The summed E-state index contributed by atoms with van der Waals surface area (Å²) in [6.45, 7) is 4.42. The van der Waals surface area contributed by atoms with Gasteiger partial charge in [-0.2, -0.15) is 0 Å². The molecule has 1 aliphatic carbocycles. The summed E-state index contributed by atoms with van der Waals surface area (Å²) in [6.07, 6.45) is 4.32. The van der Waals surface area contributed by atoms with Crippen LogP contribution < -0.4 is 5.32 Å². The lowest BCUT2D eigenvalue weighted by Crippen LogP contribution is -2.36. The fourth-order valence-electron chi connectivity index (χ4n) is 2.97. The number of halogens is 1.